The Kier molecular flexibility index (Phi) is 7.63. The van der Waals surface area contributed by atoms with E-state index in [-0.39, 0.29) is 0 Å². The Balaban J connectivity index is 1.28. The predicted molar refractivity (Wildman–Crippen MR) is 114 cm³/mol. The number of rotatable bonds is 10. The van der Waals surface area contributed by atoms with Crippen molar-refractivity contribution in [3.8, 4) is 0 Å². The van der Waals surface area contributed by atoms with Gasteiger partial charge in [-0.3, -0.25) is 4.79 Å². The lowest BCUT2D eigenvalue weighted by Crippen LogP contribution is -2.51. The minimum absolute atomic E-state index is 0.324. The molecule has 3 rings (SSSR count). The van der Waals surface area contributed by atoms with Crippen molar-refractivity contribution in [3.05, 3.63) is 70.2 Å². The summed E-state index contributed by atoms with van der Waals surface area (Å²) >= 11 is 5.37. The van der Waals surface area contributed by atoms with Gasteiger partial charge in [0.2, 0.25) is 5.91 Å². The number of likely N-dealkylation sites (tertiary alicyclic amines) is 1. The molecule has 1 saturated heterocycles. The molecule has 2 nitrogen and oxygen atoms in total. The molecule has 1 aliphatic heterocycles. The molecule has 2 aromatic rings. The van der Waals surface area contributed by atoms with E-state index in [1.54, 1.807) is 0 Å². The highest BCUT2D eigenvalue weighted by Crippen LogP contribution is 2.32. The standard InChI is InChI=1S/C22H26BrNOS/c23-20-13-11-18(12-14-20)8-4-1-2-7-15-24-21(25)16-22(24)26-17-19-9-5-3-6-10-19/h3,5-6,9-14,22H,1-2,4,7-8,15-17H2. The third-order valence-corrected chi connectivity index (χ3v) is 6.66. The van der Waals surface area contributed by atoms with E-state index in [1.807, 2.05) is 17.8 Å². The zero-order valence-electron chi connectivity index (χ0n) is 15.1. The highest BCUT2D eigenvalue weighted by atomic mass is 79.9. The summed E-state index contributed by atoms with van der Waals surface area (Å²) in [4.78, 5) is 14.0. The Morgan fingerprint density at radius 1 is 0.923 bits per heavy atom. The van der Waals surface area contributed by atoms with Gasteiger partial charge in [-0.25, -0.2) is 0 Å². The van der Waals surface area contributed by atoms with Gasteiger partial charge in [-0.2, -0.15) is 0 Å². The smallest absolute Gasteiger partial charge is 0.226 e. The van der Waals surface area contributed by atoms with Crippen LogP contribution in [0.3, 0.4) is 0 Å². The fourth-order valence-electron chi connectivity index (χ4n) is 3.23. The number of thioether (sulfide) groups is 1. The SMILES string of the molecule is O=C1CC(SCc2ccccc2)N1CCCCCCc1ccc(Br)cc1. The lowest BCUT2D eigenvalue weighted by Gasteiger charge is -2.40. The fourth-order valence-corrected chi connectivity index (χ4v) is 4.73. The molecule has 1 heterocycles. The Hall–Kier alpha value is -1.26. The van der Waals surface area contributed by atoms with Crippen LogP contribution in [0.5, 0.6) is 0 Å². The molecule has 0 aliphatic carbocycles. The van der Waals surface area contributed by atoms with Gasteiger partial charge < -0.3 is 4.90 Å². The first-order chi connectivity index (χ1) is 12.7. The van der Waals surface area contributed by atoms with Crippen molar-refractivity contribution in [1.29, 1.82) is 0 Å². The maximum absolute atomic E-state index is 11.9. The van der Waals surface area contributed by atoms with Crippen LogP contribution in [-0.4, -0.2) is 22.7 Å². The van der Waals surface area contributed by atoms with Crippen molar-refractivity contribution in [2.75, 3.05) is 6.54 Å². The van der Waals surface area contributed by atoms with Crippen LogP contribution >= 0.6 is 27.7 Å². The fraction of sp³-hybridized carbons (Fsp3) is 0.409. The van der Waals surface area contributed by atoms with Gasteiger partial charge in [0.1, 0.15) is 0 Å². The van der Waals surface area contributed by atoms with Crippen molar-refractivity contribution in [3.63, 3.8) is 0 Å². The molecule has 0 aromatic heterocycles. The zero-order chi connectivity index (χ0) is 18.2. The molecule has 1 atom stereocenters. The summed E-state index contributed by atoms with van der Waals surface area (Å²) in [5.74, 6) is 1.31. The molecule has 0 bridgehead atoms. The van der Waals surface area contributed by atoms with Gasteiger partial charge in [-0.15, -0.1) is 11.8 Å². The van der Waals surface area contributed by atoms with Crippen molar-refractivity contribution in [2.45, 2.75) is 49.7 Å². The van der Waals surface area contributed by atoms with Crippen LogP contribution in [0.15, 0.2) is 59.1 Å². The molecule has 0 radical (unpaired) electrons. The van der Waals surface area contributed by atoms with Gasteiger partial charge in [0, 0.05) is 16.8 Å². The first kappa shape index (κ1) is 19.5. The second-order valence-electron chi connectivity index (χ2n) is 6.83. The van der Waals surface area contributed by atoms with E-state index < -0.39 is 0 Å². The number of β-lactam (4-membered cyclic amide) rings is 1. The van der Waals surface area contributed by atoms with Crippen LogP contribution in [0.25, 0.3) is 0 Å². The molecular weight excluding hydrogens is 406 g/mol. The number of hydrogen-bond donors (Lipinski definition) is 0. The largest absolute Gasteiger partial charge is 0.330 e. The molecule has 1 aliphatic rings. The molecule has 0 N–H and O–H groups in total. The second kappa shape index (κ2) is 10.2. The molecule has 138 valence electrons. The number of benzene rings is 2. The molecule has 1 unspecified atom stereocenters. The third-order valence-electron chi connectivity index (χ3n) is 4.83. The summed E-state index contributed by atoms with van der Waals surface area (Å²) in [6.07, 6.45) is 6.64. The second-order valence-corrected chi connectivity index (χ2v) is 8.92. The Labute approximate surface area is 169 Å². The first-order valence-corrected chi connectivity index (χ1v) is 11.3. The lowest BCUT2D eigenvalue weighted by molar-refractivity contribution is -0.141. The summed E-state index contributed by atoms with van der Waals surface area (Å²) in [6, 6.07) is 19.1. The Bertz CT molecular complexity index is 689. The van der Waals surface area contributed by atoms with E-state index in [0.717, 1.165) is 29.6 Å². The van der Waals surface area contributed by atoms with Gasteiger partial charge in [0.25, 0.3) is 0 Å². The van der Waals surface area contributed by atoms with Crippen LogP contribution < -0.4 is 0 Å². The number of aryl methyl sites for hydroxylation is 1. The summed E-state index contributed by atoms with van der Waals surface area (Å²) in [7, 11) is 0. The van der Waals surface area contributed by atoms with Gasteiger partial charge in [-0.05, 0) is 42.5 Å². The van der Waals surface area contributed by atoms with Crippen LogP contribution in [0, 0.1) is 0 Å². The molecule has 0 saturated carbocycles. The van der Waals surface area contributed by atoms with Crippen molar-refractivity contribution in [2.24, 2.45) is 0 Å². The van der Waals surface area contributed by atoms with Gasteiger partial charge in [0.15, 0.2) is 0 Å². The maximum Gasteiger partial charge on any atom is 0.226 e. The number of halogens is 1. The minimum Gasteiger partial charge on any atom is -0.330 e. The highest BCUT2D eigenvalue weighted by Gasteiger charge is 2.35. The Morgan fingerprint density at radius 2 is 1.65 bits per heavy atom. The number of carbonyl (C=O) groups excluding carboxylic acids is 1. The van der Waals surface area contributed by atoms with E-state index in [1.165, 1.54) is 30.4 Å². The number of unbranched alkanes of at least 4 members (excludes halogenated alkanes) is 3. The monoisotopic (exact) mass is 431 g/mol. The molecule has 0 spiro atoms. The van der Waals surface area contributed by atoms with Crippen molar-refractivity contribution < 1.29 is 4.79 Å². The quantitative estimate of drug-likeness (QED) is 0.337. The summed E-state index contributed by atoms with van der Waals surface area (Å²) in [5, 5.41) is 0.380. The lowest BCUT2D eigenvalue weighted by atomic mass is 10.1. The van der Waals surface area contributed by atoms with Gasteiger partial charge >= 0.3 is 0 Å². The van der Waals surface area contributed by atoms with Crippen LogP contribution in [0.4, 0.5) is 0 Å². The summed E-state index contributed by atoms with van der Waals surface area (Å²) in [6.45, 7) is 0.920. The van der Waals surface area contributed by atoms with Crippen LogP contribution in [-0.2, 0) is 17.0 Å². The molecule has 26 heavy (non-hydrogen) atoms. The molecule has 4 heteroatoms. The number of nitrogens with zero attached hydrogens (tertiary/aromatic N) is 1. The summed E-state index contributed by atoms with van der Waals surface area (Å²) in [5.41, 5.74) is 2.74. The number of hydrogen-bond acceptors (Lipinski definition) is 2. The van der Waals surface area contributed by atoms with E-state index in [9.17, 15) is 4.79 Å². The first-order valence-electron chi connectivity index (χ1n) is 9.42. The Morgan fingerprint density at radius 3 is 2.38 bits per heavy atom. The van der Waals surface area contributed by atoms with E-state index in [2.05, 4.69) is 69.4 Å². The van der Waals surface area contributed by atoms with E-state index >= 15 is 0 Å². The van der Waals surface area contributed by atoms with Crippen LogP contribution in [0.2, 0.25) is 0 Å². The third kappa shape index (κ3) is 5.88. The van der Waals surface area contributed by atoms with E-state index in [4.69, 9.17) is 0 Å². The number of amides is 1. The zero-order valence-corrected chi connectivity index (χ0v) is 17.5. The average Bonchev–Trinajstić information content (AvgIpc) is 2.66. The maximum atomic E-state index is 11.9. The average molecular weight is 432 g/mol. The molecular formula is C22H26BrNOS. The highest BCUT2D eigenvalue weighted by molar-refractivity contribution is 9.10. The minimum atomic E-state index is 0.324. The van der Waals surface area contributed by atoms with Crippen LogP contribution in [0.1, 0.15) is 43.2 Å². The molecule has 2 aromatic carbocycles. The summed E-state index contributed by atoms with van der Waals surface area (Å²) < 4.78 is 1.14. The topological polar surface area (TPSA) is 20.3 Å². The number of carbonyl (C=O) groups is 1. The van der Waals surface area contributed by atoms with E-state index in [0.29, 0.717) is 17.7 Å². The van der Waals surface area contributed by atoms with Gasteiger partial charge in [-0.1, -0.05) is 71.2 Å². The molecule has 1 fully saturated rings. The van der Waals surface area contributed by atoms with Gasteiger partial charge in [0.05, 0.1) is 11.8 Å². The van der Waals surface area contributed by atoms with Crippen molar-refractivity contribution >= 4 is 33.6 Å². The van der Waals surface area contributed by atoms with Crippen molar-refractivity contribution in [1.82, 2.24) is 4.90 Å². The predicted octanol–water partition coefficient (Wildman–Crippen LogP) is 6.04. The normalized spacial score (nSPS) is 16.6. The molecule has 1 amide bonds.